The van der Waals surface area contributed by atoms with Crippen LogP contribution in [-0.4, -0.2) is 58.2 Å². The molecule has 1 aromatic heterocycles. The third-order valence-corrected chi connectivity index (χ3v) is 4.60. The number of carbonyl (C=O) groups excluding carboxylic acids is 2. The van der Waals surface area contributed by atoms with E-state index in [4.69, 9.17) is 5.73 Å². The lowest BCUT2D eigenvalue weighted by molar-refractivity contribution is 0.0752. The first-order valence-electron chi connectivity index (χ1n) is 7.73. The number of hydrogen-bond acceptors (Lipinski definition) is 6. The molecule has 0 spiro atoms. The highest BCUT2D eigenvalue weighted by molar-refractivity contribution is 14.1. The topological polar surface area (TPSA) is 118 Å². The summed E-state index contributed by atoms with van der Waals surface area (Å²) in [5.74, 6) is -0.360. The van der Waals surface area contributed by atoms with Crippen molar-refractivity contribution in [1.29, 1.82) is 0 Å². The number of carbonyl (C=O) groups is 2. The van der Waals surface area contributed by atoms with Crippen molar-refractivity contribution in [3.63, 3.8) is 0 Å². The van der Waals surface area contributed by atoms with Crippen LogP contribution in [0.15, 0.2) is 28.9 Å². The molecule has 2 aromatic rings. The Morgan fingerprint density at radius 2 is 1.76 bits per heavy atom. The molecule has 3 amide bonds. The lowest BCUT2D eigenvalue weighted by atomic mass is 10.3. The van der Waals surface area contributed by atoms with Crippen molar-refractivity contribution >= 4 is 46.0 Å². The molecular weight excluding hydrogens is 439 g/mol. The van der Waals surface area contributed by atoms with E-state index in [1.165, 1.54) is 0 Å². The number of nitrogens with one attached hydrogen (secondary N) is 1. The molecule has 1 aliphatic heterocycles. The number of hydrogen-bond donors (Lipinski definition) is 2. The first-order valence-corrected chi connectivity index (χ1v) is 8.81. The van der Waals surface area contributed by atoms with Crippen LogP contribution in [0.2, 0.25) is 0 Å². The molecule has 0 saturated carbocycles. The second-order valence-electron chi connectivity index (χ2n) is 5.57. The molecule has 0 unspecified atom stereocenters. The predicted molar refractivity (Wildman–Crippen MR) is 99.0 cm³/mol. The van der Waals surface area contributed by atoms with Gasteiger partial charge < -0.3 is 20.9 Å². The number of halogens is 1. The smallest absolute Gasteiger partial charge is 0.321 e. The number of rotatable bonds is 2. The Morgan fingerprint density at radius 3 is 2.44 bits per heavy atom. The van der Waals surface area contributed by atoms with E-state index in [0.29, 0.717) is 32.6 Å². The minimum atomic E-state index is -0.335. The van der Waals surface area contributed by atoms with Crippen LogP contribution in [0.25, 0.3) is 0 Å². The monoisotopic (exact) mass is 456 g/mol. The van der Waals surface area contributed by atoms with Crippen molar-refractivity contribution in [3.8, 4) is 0 Å². The van der Waals surface area contributed by atoms with Crippen LogP contribution in [0.5, 0.6) is 0 Å². The standard InChI is InChI=1S/C15H17IN6O3/c16-10-2-4-11(5-3-10)18-15(24)22-7-1-6-21(8-9-22)14(23)12-13(17)20-25-19-12/h2-5H,1,6-9H2,(H2,17,20)(H,18,24). The van der Waals surface area contributed by atoms with Crippen molar-refractivity contribution in [1.82, 2.24) is 20.1 Å². The molecule has 1 saturated heterocycles. The van der Waals surface area contributed by atoms with Crippen LogP contribution in [0.4, 0.5) is 16.3 Å². The third-order valence-electron chi connectivity index (χ3n) is 3.88. The van der Waals surface area contributed by atoms with Gasteiger partial charge in [0.1, 0.15) is 0 Å². The molecule has 0 aliphatic carbocycles. The summed E-state index contributed by atoms with van der Waals surface area (Å²) in [6.07, 6.45) is 0.664. The fourth-order valence-electron chi connectivity index (χ4n) is 2.55. The van der Waals surface area contributed by atoms with Crippen molar-refractivity contribution in [3.05, 3.63) is 33.5 Å². The van der Waals surface area contributed by atoms with Gasteiger partial charge in [-0.1, -0.05) is 0 Å². The molecule has 1 aromatic carbocycles. The molecule has 0 atom stereocenters. The second-order valence-corrected chi connectivity index (χ2v) is 6.81. The Labute approximate surface area is 157 Å². The van der Waals surface area contributed by atoms with Gasteiger partial charge in [0.25, 0.3) is 5.91 Å². The average Bonchev–Trinajstić information content (AvgIpc) is 2.88. The fraction of sp³-hybridized carbons (Fsp3) is 0.333. The van der Waals surface area contributed by atoms with Crippen LogP contribution in [0, 0.1) is 3.57 Å². The number of nitrogens with two attached hydrogens (primary N) is 1. The van der Waals surface area contributed by atoms with Gasteiger partial charge in [0, 0.05) is 35.4 Å². The first-order chi connectivity index (χ1) is 12.0. The number of amides is 3. The number of anilines is 2. The predicted octanol–water partition coefficient (Wildman–Crippen LogP) is 1.64. The van der Waals surface area contributed by atoms with E-state index < -0.39 is 0 Å². The zero-order valence-electron chi connectivity index (χ0n) is 13.3. The Kier molecular flexibility index (Phi) is 5.36. The quantitative estimate of drug-likeness (QED) is 0.664. The molecule has 10 heteroatoms. The van der Waals surface area contributed by atoms with E-state index in [0.717, 1.165) is 9.26 Å². The highest BCUT2D eigenvalue weighted by Crippen LogP contribution is 2.14. The zero-order valence-corrected chi connectivity index (χ0v) is 15.5. The lowest BCUT2D eigenvalue weighted by Crippen LogP contribution is -2.39. The molecule has 0 bridgehead atoms. The zero-order chi connectivity index (χ0) is 17.8. The minimum Gasteiger partial charge on any atom is -0.379 e. The molecular formula is C15H17IN6O3. The largest absolute Gasteiger partial charge is 0.379 e. The Hall–Kier alpha value is -2.37. The Balaban J connectivity index is 1.59. The van der Waals surface area contributed by atoms with Crippen molar-refractivity contribution < 1.29 is 14.2 Å². The van der Waals surface area contributed by atoms with Gasteiger partial charge in [-0.2, -0.15) is 0 Å². The fourth-order valence-corrected chi connectivity index (χ4v) is 2.91. The maximum Gasteiger partial charge on any atom is 0.321 e. The molecule has 25 heavy (non-hydrogen) atoms. The van der Waals surface area contributed by atoms with Crippen LogP contribution in [-0.2, 0) is 0 Å². The third kappa shape index (κ3) is 4.18. The van der Waals surface area contributed by atoms with Gasteiger partial charge in [-0.05, 0) is 63.6 Å². The molecule has 0 radical (unpaired) electrons. The Bertz CT molecular complexity index is 763. The maximum atomic E-state index is 12.4. The van der Waals surface area contributed by atoms with Crippen LogP contribution in [0.1, 0.15) is 16.9 Å². The van der Waals surface area contributed by atoms with Gasteiger partial charge in [0.15, 0.2) is 0 Å². The molecule has 3 rings (SSSR count). The summed E-state index contributed by atoms with van der Waals surface area (Å²) in [5, 5.41) is 9.83. The summed E-state index contributed by atoms with van der Waals surface area (Å²) in [6, 6.07) is 7.38. The summed E-state index contributed by atoms with van der Waals surface area (Å²) in [6.45, 7) is 1.89. The normalized spacial score (nSPS) is 14.9. The van der Waals surface area contributed by atoms with Gasteiger partial charge in [-0.15, -0.1) is 0 Å². The summed E-state index contributed by atoms with van der Waals surface area (Å²) >= 11 is 2.21. The first kappa shape index (κ1) is 17.5. The van der Waals surface area contributed by atoms with E-state index in [-0.39, 0.29) is 23.5 Å². The SMILES string of the molecule is Nc1nonc1C(=O)N1CCCN(C(=O)Nc2ccc(I)cc2)CC1. The van der Waals surface area contributed by atoms with Crippen LogP contribution >= 0.6 is 22.6 Å². The molecule has 1 aliphatic rings. The van der Waals surface area contributed by atoms with E-state index >= 15 is 0 Å². The van der Waals surface area contributed by atoms with Crippen LogP contribution < -0.4 is 11.1 Å². The lowest BCUT2D eigenvalue weighted by Gasteiger charge is -2.22. The Morgan fingerprint density at radius 1 is 1.08 bits per heavy atom. The number of benzene rings is 1. The summed E-state index contributed by atoms with van der Waals surface area (Å²) in [7, 11) is 0. The number of urea groups is 1. The second kappa shape index (κ2) is 7.68. The number of nitrogen functional groups attached to an aromatic ring is 1. The van der Waals surface area contributed by atoms with E-state index in [2.05, 4.69) is 42.9 Å². The van der Waals surface area contributed by atoms with Gasteiger partial charge >= 0.3 is 6.03 Å². The molecule has 9 nitrogen and oxygen atoms in total. The van der Waals surface area contributed by atoms with Crippen LogP contribution in [0.3, 0.4) is 0 Å². The van der Waals surface area contributed by atoms with E-state index in [1.807, 2.05) is 24.3 Å². The highest BCUT2D eigenvalue weighted by Gasteiger charge is 2.26. The molecule has 132 valence electrons. The van der Waals surface area contributed by atoms with Crippen molar-refractivity contribution in [2.45, 2.75) is 6.42 Å². The number of aromatic nitrogens is 2. The van der Waals surface area contributed by atoms with E-state index in [1.54, 1.807) is 9.80 Å². The van der Waals surface area contributed by atoms with Crippen molar-refractivity contribution in [2.24, 2.45) is 0 Å². The van der Waals surface area contributed by atoms with E-state index in [9.17, 15) is 9.59 Å². The van der Waals surface area contributed by atoms with Gasteiger partial charge in [-0.3, -0.25) is 4.79 Å². The number of nitrogens with zero attached hydrogens (tertiary/aromatic N) is 4. The summed E-state index contributed by atoms with van der Waals surface area (Å²) in [5.41, 5.74) is 6.32. The molecule has 3 N–H and O–H groups in total. The molecule has 2 heterocycles. The summed E-state index contributed by atoms with van der Waals surface area (Å²) < 4.78 is 5.57. The molecule has 1 fully saturated rings. The highest BCUT2D eigenvalue weighted by atomic mass is 127. The minimum absolute atomic E-state index is 0.0109. The maximum absolute atomic E-state index is 12.4. The van der Waals surface area contributed by atoms with Crippen molar-refractivity contribution in [2.75, 3.05) is 37.2 Å². The average molecular weight is 456 g/mol. The van der Waals surface area contributed by atoms with Gasteiger partial charge in [0.2, 0.25) is 11.5 Å². The summed E-state index contributed by atoms with van der Waals surface area (Å²) in [4.78, 5) is 28.1. The van der Waals surface area contributed by atoms with Gasteiger partial charge in [0.05, 0.1) is 0 Å². The van der Waals surface area contributed by atoms with Gasteiger partial charge in [-0.25, -0.2) is 9.42 Å².